The summed E-state index contributed by atoms with van der Waals surface area (Å²) in [5, 5.41) is 0. The highest BCUT2D eigenvalue weighted by atomic mass is 16.5. The number of unbranched alkanes of at least 4 members (excludes halogenated alkanes) is 1. The molecule has 0 aliphatic heterocycles. The molecule has 3 N–H and O–H groups in total. The second-order valence-electron chi connectivity index (χ2n) is 3.09. The average Bonchev–Trinajstić information content (AvgIpc) is 2.20. The van der Waals surface area contributed by atoms with Gasteiger partial charge in [0.1, 0.15) is 0 Å². The summed E-state index contributed by atoms with van der Waals surface area (Å²) in [7, 11) is 0. The van der Waals surface area contributed by atoms with Crippen molar-refractivity contribution >= 4 is 0 Å². The van der Waals surface area contributed by atoms with E-state index in [9.17, 15) is 4.79 Å². The largest absolute Gasteiger partial charge is 0.488 e. The lowest BCUT2D eigenvalue weighted by molar-refractivity contribution is 0.305. The summed E-state index contributed by atoms with van der Waals surface area (Å²) in [6, 6.07) is 1.47. The number of ether oxygens (including phenoxy) is 1. The zero-order valence-electron chi connectivity index (χ0n) is 8.38. The van der Waals surface area contributed by atoms with Gasteiger partial charge in [-0.15, -0.1) is 0 Å². The van der Waals surface area contributed by atoms with E-state index in [-0.39, 0.29) is 5.43 Å². The minimum absolute atomic E-state index is 0.111. The van der Waals surface area contributed by atoms with E-state index in [1.807, 2.05) is 0 Å². The number of aromatic nitrogens is 1. The SMILES string of the molecule is CCCCOc1c[nH]c(CN)cc1=O. The molecule has 4 heteroatoms. The number of hydrogen-bond acceptors (Lipinski definition) is 3. The molecule has 0 aliphatic carbocycles. The van der Waals surface area contributed by atoms with E-state index in [2.05, 4.69) is 11.9 Å². The fraction of sp³-hybridized carbons (Fsp3) is 0.500. The molecular weight excluding hydrogens is 180 g/mol. The Morgan fingerprint density at radius 1 is 1.57 bits per heavy atom. The van der Waals surface area contributed by atoms with Gasteiger partial charge in [0.2, 0.25) is 5.43 Å². The van der Waals surface area contributed by atoms with Gasteiger partial charge < -0.3 is 15.5 Å². The standard InChI is InChI=1S/C10H16N2O2/c1-2-3-4-14-10-7-12-8(6-11)5-9(10)13/h5,7H,2-4,6,11H2,1H3,(H,12,13). The molecule has 1 aromatic heterocycles. The molecular formula is C10H16N2O2. The number of rotatable bonds is 5. The molecule has 0 unspecified atom stereocenters. The van der Waals surface area contributed by atoms with Gasteiger partial charge in [0.05, 0.1) is 6.61 Å². The van der Waals surface area contributed by atoms with Gasteiger partial charge in [-0.05, 0) is 6.42 Å². The quantitative estimate of drug-likeness (QED) is 0.691. The van der Waals surface area contributed by atoms with Crippen molar-refractivity contribution in [1.82, 2.24) is 4.98 Å². The normalized spacial score (nSPS) is 10.1. The molecule has 0 saturated heterocycles. The highest BCUT2D eigenvalue weighted by Crippen LogP contribution is 2.02. The van der Waals surface area contributed by atoms with Crippen LogP contribution in [0.15, 0.2) is 17.1 Å². The van der Waals surface area contributed by atoms with Gasteiger partial charge in [0.15, 0.2) is 5.75 Å². The topological polar surface area (TPSA) is 68.1 Å². The molecule has 1 aromatic rings. The Morgan fingerprint density at radius 2 is 2.36 bits per heavy atom. The van der Waals surface area contributed by atoms with E-state index in [1.165, 1.54) is 6.07 Å². The van der Waals surface area contributed by atoms with Gasteiger partial charge in [-0.25, -0.2) is 0 Å². The minimum Gasteiger partial charge on any atom is -0.488 e. The van der Waals surface area contributed by atoms with Gasteiger partial charge in [-0.2, -0.15) is 0 Å². The van der Waals surface area contributed by atoms with Crippen LogP contribution in [0.4, 0.5) is 0 Å². The zero-order valence-corrected chi connectivity index (χ0v) is 8.38. The third kappa shape index (κ3) is 2.88. The number of aromatic amines is 1. The highest BCUT2D eigenvalue weighted by Gasteiger charge is 2.00. The van der Waals surface area contributed by atoms with Crippen molar-refractivity contribution < 1.29 is 4.74 Å². The van der Waals surface area contributed by atoms with Gasteiger partial charge in [0, 0.05) is 24.5 Å². The number of pyridine rings is 1. The lowest BCUT2D eigenvalue weighted by Gasteiger charge is -2.04. The molecule has 14 heavy (non-hydrogen) atoms. The maximum Gasteiger partial charge on any atom is 0.223 e. The fourth-order valence-electron chi connectivity index (χ4n) is 1.06. The summed E-state index contributed by atoms with van der Waals surface area (Å²) in [4.78, 5) is 14.3. The lowest BCUT2D eigenvalue weighted by Crippen LogP contribution is -2.11. The third-order valence-corrected chi connectivity index (χ3v) is 1.91. The Bertz CT molecular complexity index is 333. The molecule has 0 fully saturated rings. The Morgan fingerprint density at radius 3 is 2.93 bits per heavy atom. The Kier molecular flexibility index (Phi) is 4.19. The maximum absolute atomic E-state index is 11.4. The summed E-state index contributed by atoms with van der Waals surface area (Å²) < 4.78 is 5.29. The highest BCUT2D eigenvalue weighted by molar-refractivity contribution is 5.20. The van der Waals surface area contributed by atoms with Crippen LogP contribution < -0.4 is 15.9 Å². The van der Waals surface area contributed by atoms with Gasteiger partial charge in [-0.1, -0.05) is 13.3 Å². The van der Waals surface area contributed by atoms with Crippen LogP contribution in [0.25, 0.3) is 0 Å². The van der Waals surface area contributed by atoms with E-state index < -0.39 is 0 Å². The van der Waals surface area contributed by atoms with Crippen molar-refractivity contribution in [3.63, 3.8) is 0 Å². The van der Waals surface area contributed by atoms with Crippen molar-refractivity contribution in [3.05, 3.63) is 28.2 Å². The van der Waals surface area contributed by atoms with E-state index in [0.717, 1.165) is 18.5 Å². The van der Waals surface area contributed by atoms with Crippen LogP contribution in [-0.4, -0.2) is 11.6 Å². The summed E-state index contributed by atoms with van der Waals surface area (Å²) in [5.74, 6) is 0.371. The molecule has 0 spiro atoms. The van der Waals surface area contributed by atoms with Crippen LogP contribution >= 0.6 is 0 Å². The molecule has 4 nitrogen and oxygen atoms in total. The van der Waals surface area contributed by atoms with Gasteiger partial charge in [0.25, 0.3) is 0 Å². The van der Waals surface area contributed by atoms with Crippen LogP contribution in [-0.2, 0) is 6.54 Å². The van der Waals surface area contributed by atoms with E-state index in [1.54, 1.807) is 6.20 Å². The molecule has 0 radical (unpaired) electrons. The lowest BCUT2D eigenvalue weighted by atomic mass is 10.3. The first-order valence-corrected chi connectivity index (χ1v) is 4.82. The average molecular weight is 196 g/mol. The van der Waals surface area contributed by atoms with Crippen LogP contribution in [0.5, 0.6) is 5.75 Å². The molecule has 78 valence electrons. The van der Waals surface area contributed by atoms with Gasteiger partial charge >= 0.3 is 0 Å². The fourth-order valence-corrected chi connectivity index (χ4v) is 1.06. The molecule has 0 bridgehead atoms. The first kappa shape index (κ1) is 10.8. The minimum atomic E-state index is -0.111. The predicted molar refractivity (Wildman–Crippen MR) is 55.4 cm³/mol. The first-order chi connectivity index (χ1) is 6.77. The third-order valence-electron chi connectivity index (χ3n) is 1.91. The number of H-pyrrole nitrogens is 1. The monoisotopic (exact) mass is 196 g/mol. The van der Waals surface area contributed by atoms with Crippen molar-refractivity contribution in [2.24, 2.45) is 5.73 Å². The van der Waals surface area contributed by atoms with Crippen molar-refractivity contribution in [1.29, 1.82) is 0 Å². The molecule has 0 aliphatic rings. The summed E-state index contributed by atoms with van der Waals surface area (Å²) in [5.41, 5.74) is 5.99. The Labute approximate surface area is 83.1 Å². The summed E-state index contributed by atoms with van der Waals surface area (Å²) >= 11 is 0. The van der Waals surface area contributed by atoms with Crippen LogP contribution in [0, 0.1) is 0 Å². The Balaban J connectivity index is 2.64. The van der Waals surface area contributed by atoms with Crippen LogP contribution in [0.3, 0.4) is 0 Å². The van der Waals surface area contributed by atoms with Gasteiger partial charge in [-0.3, -0.25) is 4.79 Å². The molecule has 1 rings (SSSR count). The van der Waals surface area contributed by atoms with Crippen molar-refractivity contribution in [2.75, 3.05) is 6.61 Å². The summed E-state index contributed by atoms with van der Waals surface area (Å²) in [6.45, 7) is 3.00. The maximum atomic E-state index is 11.4. The second kappa shape index (κ2) is 5.44. The molecule has 1 heterocycles. The molecule has 0 atom stereocenters. The predicted octanol–water partition coefficient (Wildman–Crippen LogP) is 1.01. The molecule has 0 aromatic carbocycles. The van der Waals surface area contributed by atoms with E-state index in [4.69, 9.17) is 10.5 Å². The first-order valence-electron chi connectivity index (χ1n) is 4.82. The molecule has 0 amide bonds. The van der Waals surface area contributed by atoms with Crippen LogP contribution in [0.1, 0.15) is 25.5 Å². The number of nitrogens with one attached hydrogen (secondary N) is 1. The van der Waals surface area contributed by atoms with E-state index in [0.29, 0.717) is 18.9 Å². The second-order valence-corrected chi connectivity index (χ2v) is 3.09. The smallest absolute Gasteiger partial charge is 0.223 e. The number of nitrogens with two attached hydrogens (primary N) is 1. The molecule has 0 saturated carbocycles. The number of hydrogen-bond donors (Lipinski definition) is 2. The Hall–Kier alpha value is -1.29. The van der Waals surface area contributed by atoms with Crippen molar-refractivity contribution in [3.8, 4) is 5.75 Å². The summed E-state index contributed by atoms with van der Waals surface area (Å²) in [6.07, 6.45) is 3.58. The van der Waals surface area contributed by atoms with Crippen LogP contribution in [0.2, 0.25) is 0 Å². The zero-order chi connectivity index (χ0) is 10.4. The van der Waals surface area contributed by atoms with E-state index >= 15 is 0 Å². The van der Waals surface area contributed by atoms with Crippen molar-refractivity contribution in [2.45, 2.75) is 26.3 Å².